The Hall–Kier alpha value is -1.89. The van der Waals surface area contributed by atoms with Crippen molar-refractivity contribution in [1.82, 2.24) is 10.0 Å². The molecule has 2 N–H and O–H groups in total. The third-order valence-electron chi connectivity index (χ3n) is 3.94. The topological polar surface area (TPSA) is 75.3 Å². The quantitative estimate of drug-likeness (QED) is 0.756. The minimum atomic E-state index is -3.82. The van der Waals surface area contributed by atoms with Gasteiger partial charge in [-0.25, -0.2) is 8.42 Å². The summed E-state index contributed by atoms with van der Waals surface area (Å²) in [6, 6.07) is 12.7. The van der Waals surface area contributed by atoms with E-state index in [1.54, 1.807) is 13.8 Å². The van der Waals surface area contributed by atoms with Crippen molar-refractivity contribution in [2.45, 2.75) is 38.3 Å². The van der Waals surface area contributed by atoms with Gasteiger partial charge in [-0.2, -0.15) is 4.72 Å². The Morgan fingerprint density at radius 3 is 2.15 bits per heavy atom. The van der Waals surface area contributed by atoms with Gasteiger partial charge in [0.05, 0.1) is 4.90 Å². The molecule has 0 bridgehead atoms. The number of halogens is 1. The van der Waals surface area contributed by atoms with Gasteiger partial charge < -0.3 is 5.32 Å². The van der Waals surface area contributed by atoms with Crippen LogP contribution in [0.25, 0.3) is 0 Å². The van der Waals surface area contributed by atoms with Crippen LogP contribution >= 0.6 is 11.6 Å². The highest BCUT2D eigenvalue weighted by Crippen LogP contribution is 2.16. The van der Waals surface area contributed by atoms with Crippen molar-refractivity contribution in [2.24, 2.45) is 5.92 Å². The van der Waals surface area contributed by atoms with Crippen LogP contribution in [-0.2, 0) is 21.4 Å². The number of nitrogens with one attached hydrogen (secondary N) is 2. The standard InChI is InChI=1S/C19H23ClN2O3S/c1-13(2)18(19(23)21-12-15-6-4-14(3)5-7-15)22-26(24,25)17-10-8-16(20)9-11-17/h4-11,13,18,22H,12H2,1-3H3,(H,21,23)/t18-/m0/s1. The molecule has 0 fully saturated rings. The molecular weight excluding hydrogens is 372 g/mol. The number of hydrogen-bond donors (Lipinski definition) is 2. The van der Waals surface area contributed by atoms with Gasteiger partial charge in [0.1, 0.15) is 6.04 Å². The lowest BCUT2D eigenvalue weighted by atomic mass is 10.0. The van der Waals surface area contributed by atoms with Gasteiger partial charge in [-0.1, -0.05) is 55.3 Å². The molecule has 0 heterocycles. The molecule has 1 amide bonds. The van der Waals surface area contributed by atoms with E-state index in [9.17, 15) is 13.2 Å². The molecule has 0 saturated heterocycles. The zero-order chi connectivity index (χ0) is 19.3. The fraction of sp³-hybridized carbons (Fsp3) is 0.316. The Bertz CT molecular complexity index is 847. The number of hydrogen-bond acceptors (Lipinski definition) is 3. The van der Waals surface area contributed by atoms with Crippen molar-refractivity contribution in [3.8, 4) is 0 Å². The maximum Gasteiger partial charge on any atom is 0.241 e. The first-order valence-corrected chi connectivity index (χ1v) is 10.2. The summed E-state index contributed by atoms with van der Waals surface area (Å²) >= 11 is 5.80. The summed E-state index contributed by atoms with van der Waals surface area (Å²) in [6.07, 6.45) is 0. The van der Waals surface area contributed by atoms with Crippen molar-refractivity contribution in [2.75, 3.05) is 0 Å². The summed E-state index contributed by atoms with van der Waals surface area (Å²) in [5.41, 5.74) is 2.09. The predicted octanol–water partition coefficient (Wildman–Crippen LogP) is 3.27. The highest BCUT2D eigenvalue weighted by atomic mass is 35.5. The molecular formula is C19H23ClN2O3S. The first-order valence-electron chi connectivity index (χ1n) is 8.30. The molecule has 0 saturated carbocycles. The second kappa shape index (κ2) is 8.66. The second-order valence-electron chi connectivity index (χ2n) is 6.50. The van der Waals surface area contributed by atoms with Crippen LogP contribution in [0.5, 0.6) is 0 Å². The maximum absolute atomic E-state index is 12.5. The van der Waals surface area contributed by atoms with E-state index in [1.165, 1.54) is 24.3 Å². The number of amides is 1. The van der Waals surface area contributed by atoms with Crippen molar-refractivity contribution >= 4 is 27.5 Å². The minimum absolute atomic E-state index is 0.0684. The first kappa shape index (κ1) is 20.4. The van der Waals surface area contributed by atoms with E-state index >= 15 is 0 Å². The summed E-state index contributed by atoms with van der Waals surface area (Å²) < 4.78 is 27.6. The summed E-state index contributed by atoms with van der Waals surface area (Å²) in [6.45, 7) is 5.91. The highest BCUT2D eigenvalue weighted by molar-refractivity contribution is 7.89. The minimum Gasteiger partial charge on any atom is -0.351 e. The van der Waals surface area contributed by atoms with Crippen molar-refractivity contribution in [3.05, 3.63) is 64.7 Å². The van der Waals surface area contributed by atoms with Crippen LogP contribution in [-0.4, -0.2) is 20.4 Å². The van der Waals surface area contributed by atoms with Crippen LogP contribution in [0.15, 0.2) is 53.4 Å². The Labute approximate surface area is 159 Å². The lowest BCUT2D eigenvalue weighted by Gasteiger charge is -2.21. The largest absolute Gasteiger partial charge is 0.351 e. The van der Waals surface area contributed by atoms with Gasteiger partial charge in [0.15, 0.2) is 0 Å². The molecule has 0 aromatic heterocycles. The van der Waals surface area contributed by atoms with Crippen molar-refractivity contribution < 1.29 is 13.2 Å². The third kappa shape index (κ3) is 5.56. The molecule has 0 spiro atoms. The van der Waals surface area contributed by atoms with E-state index < -0.39 is 16.1 Å². The molecule has 0 aliphatic heterocycles. The van der Waals surface area contributed by atoms with Gasteiger partial charge in [0.25, 0.3) is 0 Å². The Morgan fingerprint density at radius 2 is 1.62 bits per heavy atom. The molecule has 0 aliphatic rings. The van der Waals surface area contributed by atoms with E-state index in [2.05, 4.69) is 10.0 Å². The van der Waals surface area contributed by atoms with Crippen molar-refractivity contribution in [1.29, 1.82) is 0 Å². The molecule has 2 aromatic rings. The van der Waals surface area contributed by atoms with Gasteiger partial charge >= 0.3 is 0 Å². The monoisotopic (exact) mass is 394 g/mol. The molecule has 2 rings (SSSR count). The van der Waals surface area contributed by atoms with Gasteiger partial charge in [-0.05, 0) is 42.7 Å². The lowest BCUT2D eigenvalue weighted by molar-refractivity contribution is -0.123. The molecule has 26 heavy (non-hydrogen) atoms. The Balaban J connectivity index is 2.08. The van der Waals surface area contributed by atoms with Crippen LogP contribution in [0, 0.1) is 12.8 Å². The predicted molar refractivity (Wildman–Crippen MR) is 103 cm³/mol. The number of rotatable bonds is 7. The average Bonchev–Trinajstić information content (AvgIpc) is 2.59. The second-order valence-corrected chi connectivity index (χ2v) is 8.65. The summed E-state index contributed by atoms with van der Waals surface area (Å²) in [4.78, 5) is 12.6. The van der Waals surface area contributed by atoms with Gasteiger partial charge in [0.2, 0.25) is 15.9 Å². The zero-order valence-corrected chi connectivity index (χ0v) is 16.6. The van der Waals surface area contributed by atoms with E-state index in [-0.39, 0.29) is 16.7 Å². The van der Waals surface area contributed by atoms with Gasteiger partial charge in [-0.3, -0.25) is 4.79 Å². The zero-order valence-electron chi connectivity index (χ0n) is 15.0. The number of sulfonamides is 1. The van der Waals surface area contributed by atoms with Gasteiger partial charge in [0, 0.05) is 11.6 Å². The first-order chi connectivity index (χ1) is 12.2. The van der Waals surface area contributed by atoms with Crippen molar-refractivity contribution in [3.63, 3.8) is 0 Å². The molecule has 0 aliphatic carbocycles. The molecule has 5 nitrogen and oxygen atoms in total. The van der Waals surface area contributed by atoms with Gasteiger partial charge in [-0.15, -0.1) is 0 Å². The molecule has 0 unspecified atom stereocenters. The van der Waals surface area contributed by atoms with E-state index in [4.69, 9.17) is 11.6 Å². The average molecular weight is 395 g/mol. The molecule has 1 atom stereocenters. The summed E-state index contributed by atoms with van der Waals surface area (Å²) in [7, 11) is -3.82. The van der Waals surface area contributed by atoms with E-state index in [1.807, 2.05) is 31.2 Å². The molecule has 140 valence electrons. The maximum atomic E-state index is 12.5. The number of aryl methyl sites for hydroxylation is 1. The fourth-order valence-electron chi connectivity index (χ4n) is 2.35. The van der Waals surface area contributed by atoms with Crippen LogP contribution < -0.4 is 10.0 Å². The fourth-order valence-corrected chi connectivity index (χ4v) is 3.82. The van der Waals surface area contributed by atoms with E-state index in [0.29, 0.717) is 11.6 Å². The normalized spacial score (nSPS) is 12.8. The SMILES string of the molecule is Cc1ccc(CNC(=O)[C@@H](NS(=O)(=O)c2ccc(Cl)cc2)C(C)C)cc1. The Kier molecular flexibility index (Phi) is 6.81. The molecule has 2 aromatic carbocycles. The third-order valence-corrected chi connectivity index (χ3v) is 5.65. The van der Waals surface area contributed by atoms with Crippen LogP contribution in [0.3, 0.4) is 0 Å². The number of benzene rings is 2. The number of carbonyl (C=O) groups is 1. The number of carbonyl (C=O) groups excluding carboxylic acids is 1. The van der Waals surface area contributed by atoms with Crippen LogP contribution in [0.4, 0.5) is 0 Å². The smallest absolute Gasteiger partial charge is 0.241 e. The van der Waals surface area contributed by atoms with Crippen LogP contribution in [0.2, 0.25) is 5.02 Å². The molecule has 0 radical (unpaired) electrons. The lowest BCUT2D eigenvalue weighted by Crippen LogP contribution is -2.49. The van der Waals surface area contributed by atoms with E-state index in [0.717, 1.165) is 11.1 Å². The summed E-state index contributed by atoms with van der Waals surface area (Å²) in [5.74, 6) is -0.576. The molecule has 7 heteroatoms. The highest BCUT2D eigenvalue weighted by Gasteiger charge is 2.28. The van der Waals surface area contributed by atoms with Crippen LogP contribution in [0.1, 0.15) is 25.0 Å². The summed E-state index contributed by atoms with van der Waals surface area (Å²) in [5, 5.41) is 3.24. The Morgan fingerprint density at radius 1 is 1.04 bits per heavy atom.